The van der Waals surface area contributed by atoms with Crippen molar-refractivity contribution >= 4 is 91.9 Å². The summed E-state index contributed by atoms with van der Waals surface area (Å²) in [5.74, 6) is 1.78. The lowest BCUT2D eigenvalue weighted by atomic mass is 9.58. The molecule has 0 saturated carbocycles. The Morgan fingerprint density at radius 2 is 1.01 bits per heavy atom. The maximum absolute atomic E-state index is 6.76. The molecule has 0 N–H and O–H groups in total. The molecule has 11 aromatic carbocycles. The first kappa shape index (κ1) is 36.9. The smallest absolute Gasteiger partial charge is 0.132 e. The van der Waals surface area contributed by atoms with Crippen molar-refractivity contribution in [3.63, 3.8) is 0 Å². The molecule has 15 rings (SSSR count). The van der Waals surface area contributed by atoms with Crippen molar-refractivity contribution < 1.29 is 4.74 Å². The second-order valence-electron chi connectivity index (χ2n) is 17.9. The van der Waals surface area contributed by atoms with Crippen molar-refractivity contribution in [2.24, 2.45) is 0 Å². The maximum Gasteiger partial charge on any atom is 0.132 e. The normalized spacial score (nSPS) is 13.3. The molecule has 0 unspecified atom stereocenters. The summed E-state index contributed by atoms with van der Waals surface area (Å²) in [6.45, 7) is 0. The highest BCUT2D eigenvalue weighted by molar-refractivity contribution is 7.26. The SMILES string of the molecule is c1ccc2c(c1)Oc1ccccc1C21c2ccccc2-c2ccc(N(c3ccc4c(c3)c3ccccc3n4-c3cccc4ccccc34)c3cccc4sc5ccccc5c34)c3cccc1c23. The van der Waals surface area contributed by atoms with Gasteiger partial charge in [0.25, 0.3) is 0 Å². The van der Waals surface area contributed by atoms with Gasteiger partial charge in [-0.3, -0.25) is 0 Å². The molecule has 1 aliphatic heterocycles. The Kier molecular flexibility index (Phi) is 7.58. The highest BCUT2D eigenvalue weighted by Gasteiger charge is 2.49. The van der Waals surface area contributed by atoms with E-state index >= 15 is 0 Å². The minimum absolute atomic E-state index is 0.621. The molecular weight excluding hydrogens is 833 g/mol. The number of ether oxygens (including phenoxy) is 1. The van der Waals surface area contributed by atoms with Crippen LogP contribution < -0.4 is 9.64 Å². The van der Waals surface area contributed by atoms with Gasteiger partial charge in [-0.25, -0.2) is 0 Å². The van der Waals surface area contributed by atoms with Crippen LogP contribution in [0, 0.1) is 0 Å². The topological polar surface area (TPSA) is 17.4 Å². The third-order valence-corrected chi connectivity index (χ3v) is 15.8. The van der Waals surface area contributed by atoms with Gasteiger partial charge in [-0.15, -0.1) is 11.3 Å². The van der Waals surface area contributed by atoms with Crippen LogP contribution in [0.25, 0.3) is 80.3 Å². The van der Waals surface area contributed by atoms with E-state index in [0.29, 0.717) is 0 Å². The number of hydrogen-bond donors (Lipinski definition) is 0. The standard InChI is InChI=1S/C63H38N2OS/c1-2-18-41-39(16-1)17-13-28-52(41)65-53-27-9-4-20-43(53)47-38-40(34-36-55(47)65)64(56-29-15-33-60-62(56)46-21-5-12-32-59(46)67-60)54-37-35-44-42-19-3-6-23-48(42)63(51-26-14-22-45(54)61(44)51)49-24-7-10-30-57(49)66-58-31-11-8-25-50(58)63/h1-38H. The lowest BCUT2D eigenvalue weighted by molar-refractivity contribution is 0.435. The van der Waals surface area contributed by atoms with Crippen LogP contribution in [0.4, 0.5) is 17.1 Å². The maximum atomic E-state index is 6.76. The van der Waals surface area contributed by atoms with Crippen molar-refractivity contribution in [3.05, 3.63) is 253 Å². The summed E-state index contributed by atoms with van der Waals surface area (Å²) in [5, 5.41) is 9.86. The number of hydrogen-bond acceptors (Lipinski definition) is 3. The van der Waals surface area contributed by atoms with E-state index in [9.17, 15) is 0 Å². The van der Waals surface area contributed by atoms with Gasteiger partial charge >= 0.3 is 0 Å². The predicted octanol–water partition coefficient (Wildman–Crippen LogP) is 17.4. The molecule has 312 valence electrons. The number of fused-ring (bicyclic) bond motifs is 15. The van der Waals surface area contributed by atoms with Crippen LogP contribution in [0.15, 0.2) is 231 Å². The quantitative estimate of drug-likeness (QED) is 0.175. The first-order chi connectivity index (χ1) is 33.3. The Morgan fingerprint density at radius 1 is 0.388 bits per heavy atom. The second kappa shape index (κ2) is 13.8. The zero-order chi connectivity index (χ0) is 43.8. The van der Waals surface area contributed by atoms with Gasteiger partial charge in [0.1, 0.15) is 11.5 Å². The van der Waals surface area contributed by atoms with E-state index < -0.39 is 5.41 Å². The van der Waals surface area contributed by atoms with Gasteiger partial charge in [0.05, 0.1) is 33.5 Å². The number of anilines is 3. The molecule has 0 radical (unpaired) electrons. The lowest BCUT2D eigenvalue weighted by Crippen LogP contribution is -2.36. The van der Waals surface area contributed by atoms with Gasteiger partial charge in [0.15, 0.2) is 0 Å². The summed E-state index contributed by atoms with van der Waals surface area (Å²) in [4.78, 5) is 2.55. The molecular formula is C63H38N2OS. The van der Waals surface area contributed by atoms with E-state index in [1.807, 2.05) is 11.3 Å². The van der Waals surface area contributed by atoms with E-state index in [1.165, 1.54) is 91.5 Å². The molecule has 3 nitrogen and oxygen atoms in total. The van der Waals surface area contributed by atoms with Crippen molar-refractivity contribution in [2.75, 3.05) is 4.90 Å². The fourth-order valence-electron chi connectivity index (χ4n) is 12.0. The molecule has 1 aliphatic carbocycles. The molecule has 2 aromatic heterocycles. The van der Waals surface area contributed by atoms with Gasteiger partial charge in [-0.05, 0) is 99.8 Å². The number of para-hydroxylation sites is 3. The largest absolute Gasteiger partial charge is 0.457 e. The Labute approximate surface area is 390 Å². The summed E-state index contributed by atoms with van der Waals surface area (Å²) in [6, 6.07) is 85.1. The van der Waals surface area contributed by atoms with Gasteiger partial charge < -0.3 is 14.2 Å². The minimum atomic E-state index is -0.621. The summed E-state index contributed by atoms with van der Waals surface area (Å²) in [6.07, 6.45) is 0. The fraction of sp³-hybridized carbons (Fsp3) is 0.0159. The monoisotopic (exact) mass is 870 g/mol. The third kappa shape index (κ3) is 4.94. The molecule has 4 heteroatoms. The van der Waals surface area contributed by atoms with E-state index in [2.05, 4.69) is 240 Å². The average Bonchev–Trinajstić information content (AvgIpc) is 3.94. The van der Waals surface area contributed by atoms with E-state index in [1.54, 1.807) is 0 Å². The van der Waals surface area contributed by atoms with Gasteiger partial charge in [-0.2, -0.15) is 0 Å². The molecule has 2 aliphatic rings. The highest BCUT2D eigenvalue weighted by Crippen LogP contribution is 2.62. The van der Waals surface area contributed by atoms with Crippen LogP contribution in [0.5, 0.6) is 11.5 Å². The van der Waals surface area contributed by atoms with E-state index in [-0.39, 0.29) is 0 Å². The number of rotatable bonds is 4. The van der Waals surface area contributed by atoms with Gasteiger partial charge in [0.2, 0.25) is 0 Å². The zero-order valence-electron chi connectivity index (χ0n) is 36.2. The molecule has 0 atom stereocenters. The number of aromatic nitrogens is 1. The molecule has 0 amide bonds. The fourth-order valence-corrected chi connectivity index (χ4v) is 13.1. The minimum Gasteiger partial charge on any atom is -0.457 e. The van der Waals surface area contributed by atoms with Crippen molar-refractivity contribution in [3.8, 4) is 28.3 Å². The summed E-state index contributed by atoms with van der Waals surface area (Å²) < 4.78 is 11.8. The highest BCUT2D eigenvalue weighted by atomic mass is 32.1. The third-order valence-electron chi connectivity index (χ3n) is 14.6. The van der Waals surface area contributed by atoms with Gasteiger partial charge in [-0.1, -0.05) is 164 Å². The van der Waals surface area contributed by atoms with E-state index in [4.69, 9.17) is 4.74 Å². The molecule has 0 saturated heterocycles. The van der Waals surface area contributed by atoms with Crippen molar-refractivity contribution in [1.82, 2.24) is 4.57 Å². The Hall–Kier alpha value is -8.44. The van der Waals surface area contributed by atoms with Crippen molar-refractivity contribution in [2.45, 2.75) is 5.41 Å². The summed E-state index contributed by atoms with van der Waals surface area (Å²) in [7, 11) is 0. The Balaban J connectivity index is 1.06. The number of nitrogens with zero attached hydrogens (tertiary/aromatic N) is 2. The molecule has 13 aromatic rings. The number of thiophene rings is 1. The Morgan fingerprint density at radius 3 is 1.88 bits per heavy atom. The predicted molar refractivity (Wildman–Crippen MR) is 281 cm³/mol. The second-order valence-corrected chi connectivity index (χ2v) is 19.0. The van der Waals surface area contributed by atoms with E-state index in [0.717, 1.165) is 39.7 Å². The van der Waals surface area contributed by atoms with Crippen LogP contribution in [0.1, 0.15) is 22.3 Å². The van der Waals surface area contributed by atoms with Gasteiger partial charge in [0, 0.05) is 58.5 Å². The van der Waals surface area contributed by atoms with Crippen LogP contribution in [-0.2, 0) is 5.41 Å². The lowest BCUT2D eigenvalue weighted by Gasteiger charge is -2.45. The van der Waals surface area contributed by atoms with Crippen molar-refractivity contribution in [1.29, 1.82) is 0 Å². The molecule has 3 heterocycles. The first-order valence-electron chi connectivity index (χ1n) is 23.0. The van der Waals surface area contributed by atoms with Crippen LogP contribution in [0.2, 0.25) is 0 Å². The van der Waals surface area contributed by atoms with Crippen LogP contribution >= 0.6 is 11.3 Å². The summed E-state index contributed by atoms with van der Waals surface area (Å²) >= 11 is 1.86. The Bertz CT molecular complexity index is 4180. The average molecular weight is 871 g/mol. The van der Waals surface area contributed by atoms with Crippen LogP contribution in [0.3, 0.4) is 0 Å². The molecule has 0 bridgehead atoms. The molecule has 67 heavy (non-hydrogen) atoms. The number of benzene rings is 11. The molecule has 0 fully saturated rings. The summed E-state index contributed by atoms with van der Waals surface area (Å²) in [5.41, 5.74) is 13.6. The molecule has 1 spiro atoms. The van der Waals surface area contributed by atoms with Crippen LogP contribution in [-0.4, -0.2) is 4.57 Å². The first-order valence-corrected chi connectivity index (χ1v) is 23.8. The zero-order valence-corrected chi connectivity index (χ0v) is 37.0.